The summed E-state index contributed by atoms with van der Waals surface area (Å²) in [6.07, 6.45) is 9.40. The molecule has 5 heteroatoms. The molecule has 20 heavy (non-hydrogen) atoms. The van der Waals surface area contributed by atoms with Crippen molar-refractivity contribution in [1.82, 2.24) is 15.1 Å². The molecule has 1 rings (SSSR count). The number of carbonyl (C=O) groups is 1. The van der Waals surface area contributed by atoms with E-state index in [0.717, 1.165) is 24.3 Å². The highest BCUT2D eigenvalue weighted by atomic mass is 16.2. The molecule has 0 saturated carbocycles. The van der Waals surface area contributed by atoms with Gasteiger partial charge in [-0.25, -0.2) is 0 Å². The summed E-state index contributed by atoms with van der Waals surface area (Å²) in [7, 11) is 1.81. The minimum absolute atomic E-state index is 0.125. The highest BCUT2D eigenvalue weighted by molar-refractivity contribution is 5.82. The molecule has 0 saturated heterocycles. The van der Waals surface area contributed by atoms with Crippen LogP contribution in [0.15, 0.2) is 12.4 Å². The van der Waals surface area contributed by atoms with E-state index in [9.17, 15) is 4.79 Å². The quantitative estimate of drug-likeness (QED) is 0.681. The van der Waals surface area contributed by atoms with Crippen molar-refractivity contribution in [3.05, 3.63) is 18.0 Å². The molecule has 0 aliphatic carbocycles. The fourth-order valence-electron chi connectivity index (χ4n) is 2.10. The van der Waals surface area contributed by atoms with Crippen LogP contribution in [0, 0.1) is 5.92 Å². The van der Waals surface area contributed by atoms with Crippen LogP contribution in [-0.4, -0.2) is 22.2 Å². The number of hydrogen-bond donors (Lipinski definition) is 2. The van der Waals surface area contributed by atoms with Gasteiger partial charge in [-0.2, -0.15) is 5.10 Å². The second-order valence-electron chi connectivity index (χ2n) is 5.81. The predicted octanol–water partition coefficient (Wildman–Crippen LogP) is 2.14. The van der Waals surface area contributed by atoms with E-state index in [4.69, 9.17) is 5.73 Å². The van der Waals surface area contributed by atoms with Crippen molar-refractivity contribution in [2.45, 2.75) is 52.0 Å². The van der Waals surface area contributed by atoms with Crippen LogP contribution >= 0.6 is 0 Å². The lowest BCUT2D eigenvalue weighted by molar-refractivity contribution is -0.122. The van der Waals surface area contributed by atoms with Gasteiger partial charge >= 0.3 is 0 Å². The molecule has 3 N–H and O–H groups in total. The van der Waals surface area contributed by atoms with Gasteiger partial charge in [-0.3, -0.25) is 9.48 Å². The molecule has 0 radical (unpaired) electrons. The summed E-state index contributed by atoms with van der Waals surface area (Å²) >= 11 is 0. The number of aryl methyl sites for hydroxylation is 1. The standard InChI is InChI=1S/C15H28N4O/c1-12(2)8-6-4-5-7-9-17-15(20)14(16)13-10-18-19(3)11-13/h10-12,14H,4-9,16H2,1-3H3,(H,17,20). The van der Waals surface area contributed by atoms with Crippen molar-refractivity contribution in [1.29, 1.82) is 0 Å². The molecule has 0 bridgehead atoms. The third kappa shape index (κ3) is 6.19. The second-order valence-corrected chi connectivity index (χ2v) is 5.81. The number of unbranched alkanes of at least 4 members (excludes halogenated alkanes) is 3. The van der Waals surface area contributed by atoms with Crippen molar-refractivity contribution < 1.29 is 4.79 Å². The molecule has 1 unspecified atom stereocenters. The van der Waals surface area contributed by atoms with E-state index in [0.29, 0.717) is 6.54 Å². The van der Waals surface area contributed by atoms with Crippen molar-refractivity contribution >= 4 is 5.91 Å². The Balaban J connectivity index is 2.11. The van der Waals surface area contributed by atoms with Gasteiger partial charge in [0.2, 0.25) is 5.91 Å². The number of hydrogen-bond acceptors (Lipinski definition) is 3. The van der Waals surface area contributed by atoms with Crippen molar-refractivity contribution in [2.24, 2.45) is 18.7 Å². The summed E-state index contributed by atoms with van der Waals surface area (Å²) in [6.45, 7) is 5.20. The SMILES string of the molecule is CC(C)CCCCCCNC(=O)C(N)c1cnn(C)c1. The molecule has 0 fully saturated rings. The zero-order valence-corrected chi connectivity index (χ0v) is 12.9. The average Bonchev–Trinajstić information content (AvgIpc) is 2.82. The van der Waals surface area contributed by atoms with Gasteiger partial charge in [0.1, 0.15) is 6.04 Å². The molecule has 5 nitrogen and oxygen atoms in total. The molecule has 114 valence electrons. The Labute approximate surface area is 121 Å². The van der Waals surface area contributed by atoms with Crippen molar-refractivity contribution in [3.63, 3.8) is 0 Å². The summed E-state index contributed by atoms with van der Waals surface area (Å²) in [4.78, 5) is 11.9. The van der Waals surface area contributed by atoms with Gasteiger partial charge in [0.15, 0.2) is 0 Å². The molecule has 0 spiro atoms. The summed E-state index contributed by atoms with van der Waals surface area (Å²) in [5.74, 6) is 0.660. The van der Waals surface area contributed by atoms with Gasteiger partial charge in [-0.15, -0.1) is 0 Å². The van der Waals surface area contributed by atoms with Gasteiger partial charge in [-0.1, -0.05) is 39.5 Å². The first-order valence-electron chi connectivity index (χ1n) is 7.52. The molecule has 0 aromatic carbocycles. The molecule has 1 atom stereocenters. The number of amides is 1. The maximum absolute atomic E-state index is 11.9. The van der Waals surface area contributed by atoms with E-state index in [2.05, 4.69) is 24.3 Å². The van der Waals surface area contributed by atoms with Gasteiger partial charge in [0.25, 0.3) is 0 Å². The van der Waals surface area contributed by atoms with E-state index in [1.165, 1.54) is 19.3 Å². The van der Waals surface area contributed by atoms with E-state index < -0.39 is 6.04 Å². The van der Waals surface area contributed by atoms with Gasteiger partial charge in [-0.05, 0) is 12.3 Å². The molecule has 1 aromatic rings. The Morgan fingerprint density at radius 3 is 2.65 bits per heavy atom. The molecular formula is C15H28N4O. The molecule has 0 aliphatic heterocycles. The normalized spacial score (nSPS) is 12.7. The molecule has 0 aliphatic rings. The first-order valence-corrected chi connectivity index (χ1v) is 7.52. The Kier molecular flexibility index (Phi) is 7.30. The minimum atomic E-state index is -0.621. The number of carbonyl (C=O) groups excluding carboxylic acids is 1. The summed E-state index contributed by atoms with van der Waals surface area (Å²) in [5, 5.41) is 6.91. The molecular weight excluding hydrogens is 252 g/mol. The Morgan fingerprint density at radius 2 is 2.05 bits per heavy atom. The molecule has 1 heterocycles. The first-order chi connectivity index (χ1) is 9.50. The third-order valence-electron chi connectivity index (χ3n) is 3.37. The maximum atomic E-state index is 11.9. The first kappa shape index (κ1) is 16.7. The summed E-state index contributed by atoms with van der Waals surface area (Å²) < 4.78 is 1.65. The van der Waals surface area contributed by atoms with Crippen LogP contribution in [0.25, 0.3) is 0 Å². The van der Waals surface area contributed by atoms with Gasteiger partial charge in [0, 0.05) is 25.4 Å². The maximum Gasteiger partial charge on any atom is 0.241 e. The second kappa shape index (κ2) is 8.74. The number of nitrogens with one attached hydrogen (secondary N) is 1. The fourth-order valence-corrected chi connectivity index (χ4v) is 2.10. The van der Waals surface area contributed by atoms with Crippen LogP contribution in [0.4, 0.5) is 0 Å². The fraction of sp³-hybridized carbons (Fsp3) is 0.733. The number of rotatable bonds is 9. The summed E-state index contributed by atoms with van der Waals surface area (Å²) in [6, 6.07) is -0.621. The summed E-state index contributed by atoms with van der Waals surface area (Å²) in [5.41, 5.74) is 6.63. The van der Waals surface area contributed by atoms with E-state index >= 15 is 0 Å². The highest BCUT2D eigenvalue weighted by Crippen LogP contribution is 2.10. The van der Waals surface area contributed by atoms with Crippen LogP contribution < -0.4 is 11.1 Å². The largest absolute Gasteiger partial charge is 0.354 e. The minimum Gasteiger partial charge on any atom is -0.354 e. The van der Waals surface area contributed by atoms with E-state index in [-0.39, 0.29) is 5.91 Å². The van der Waals surface area contributed by atoms with Crippen LogP contribution in [0.5, 0.6) is 0 Å². The van der Waals surface area contributed by atoms with E-state index in [1.54, 1.807) is 17.1 Å². The third-order valence-corrected chi connectivity index (χ3v) is 3.37. The lowest BCUT2D eigenvalue weighted by Gasteiger charge is -2.10. The average molecular weight is 280 g/mol. The number of nitrogens with zero attached hydrogens (tertiary/aromatic N) is 2. The smallest absolute Gasteiger partial charge is 0.241 e. The van der Waals surface area contributed by atoms with Crippen molar-refractivity contribution in [3.8, 4) is 0 Å². The monoisotopic (exact) mass is 280 g/mol. The van der Waals surface area contributed by atoms with Crippen LogP contribution in [0.2, 0.25) is 0 Å². The zero-order chi connectivity index (χ0) is 15.0. The van der Waals surface area contributed by atoms with Crippen LogP contribution in [0.1, 0.15) is 57.6 Å². The predicted molar refractivity (Wildman–Crippen MR) is 81.1 cm³/mol. The lowest BCUT2D eigenvalue weighted by atomic mass is 10.0. The highest BCUT2D eigenvalue weighted by Gasteiger charge is 2.16. The zero-order valence-electron chi connectivity index (χ0n) is 12.9. The van der Waals surface area contributed by atoms with Gasteiger partial charge in [0.05, 0.1) is 6.20 Å². The topological polar surface area (TPSA) is 72.9 Å². The number of nitrogens with two attached hydrogens (primary N) is 1. The van der Waals surface area contributed by atoms with E-state index in [1.807, 2.05) is 7.05 Å². The van der Waals surface area contributed by atoms with Crippen LogP contribution in [0.3, 0.4) is 0 Å². The molecule has 1 aromatic heterocycles. The Morgan fingerprint density at radius 1 is 1.35 bits per heavy atom. The Hall–Kier alpha value is -1.36. The molecule has 1 amide bonds. The number of aromatic nitrogens is 2. The van der Waals surface area contributed by atoms with Crippen LogP contribution in [-0.2, 0) is 11.8 Å². The lowest BCUT2D eigenvalue weighted by Crippen LogP contribution is -2.34. The Bertz CT molecular complexity index is 400. The van der Waals surface area contributed by atoms with Gasteiger partial charge < -0.3 is 11.1 Å². The van der Waals surface area contributed by atoms with Crippen molar-refractivity contribution in [2.75, 3.05) is 6.54 Å².